The Morgan fingerprint density at radius 2 is 2.23 bits per heavy atom. The van der Waals surface area contributed by atoms with E-state index in [1.807, 2.05) is 0 Å². The highest BCUT2D eigenvalue weighted by Gasteiger charge is 2.40. The van der Waals surface area contributed by atoms with Crippen LogP contribution in [0, 0.1) is 0 Å². The Balaban J connectivity index is 2.05. The van der Waals surface area contributed by atoms with Gasteiger partial charge in [-0.1, -0.05) is 11.6 Å². The Morgan fingerprint density at radius 3 is 2.69 bits per heavy atom. The van der Waals surface area contributed by atoms with E-state index in [-0.39, 0.29) is 5.60 Å². The molecule has 4 nitrogen and oxygen atoms in total. The molecule has 13 heavy (non-hydrogen) atoms. The third-order valence-corrected chi connectivity index (χ3v) is 3.15. The maximum Gasteiger partial charge on any atom is 0.187 e. The summed E-state index contributed by atoms with van der Waals surface area (Å²) in [5.74, 6) is 0.779. The van der Waals surface area contributed by atoms with Crippen molar-refractivity contribution in [1.29, 1.82) is 0 Å². The monoisotopic (exact) mass is 219 g/mol. The summed E-state index contributed by atoms with van der Waals surface area (Å²) >= 11 is 6.98. The number of hydrogen-bond acceptors (Lipinski definition) is 5. The van der Waals surface area contributed by atoms with E-state index in [0.29, 0.717) is 5.15 Å². The highest BCUT2D eigenvalue weighted by atomic mass is 35.5. The van der Waals surface area contributed by atoms with Crippen LogP contribution in [0.1, 0.15) is 6.92 Å². The van der Waals surface area contributed by atoms with Crippen LogP contribution in [-0.4, -0.2) is 34.5 Å². The number of anilines is 1. The van der Waals surface area contributed by atoms with Crippen LogP contribution in [0.4, 0.5) is 5.82 Å². The lowest BCUT2D eigenvalue weighted by molar-refractivity contribution is -0.0170. The number of hydrogen-bond donors (Lipinski definition) is 0. The van der Waals surface area contributed by atoms with Crippen molar-refractivity contribution in [3.63, 3.8) is 0 Å². The van der Waals surface area contributed by atoms with Gasteiger partial charge in [0.2, 0.25) is 0 Å². The van der Waals surface area contributed by atoms with Crippen molar-refractivity contribution < 1.29 is 4.74 Å². The Bertz CT molecular complexity index is 310. The largest absolute Gasteiger partial charge is 0.375 e. The van der Waals surface area contributed by atoms with Gasteiger partial charge in [-0.2, -0.15) is 8.75 Å². The van der Waals surface area contributed by atoms with Crippen molar-refractivity contribution in [3.8, 4) is 0 Å². The Labute approximate surface area is 85.8 Å². The number of halogens is 1. The molecule has 2 rings (SSSR count). The van der Waals surface area contributed by atoms with Gasteiger partial charge in [-0.25, -0.2) is 0 Å². The standard InChI is InChI=1S/C7H10ClN3OS/c1-7(12-2)3-11(4-7)6-5(8)9-13-10-6/h3-4H2,1-2H3. The first-order valence-electron chi connectivity index (χ1n) is 3.93. The van der Waals surface area contributed by atoms with E-state index in [2.05, 4.69) is 20.6 Å². The van der Waals surface area contributed by atoms with Crippen molar-refractivity contribution in [2.24, 2.45) is 0 Å². The second-order valence-electron chi connectivity index (χ2n) is 3.39. The van der Waals surface area contributed by atoms with Gasteiger partial charge in [0.1, 0.15) is 0 Å². The van der Waals surface area contributed by atoms with E-state index in [0.717, 1.165) is 30.6 Å². The Kier molecular flexibility index (Phi) is 2.17. The van der Waals surface area contributed by atoms with Crippen LogP contribution in [0.3, 0.4) is 0 Å². The zero-order chi connectivity index (χ0) is 9.47. The molecule has 0 aromatic carbocycles. The first-order chi connectivity index (χ1) is 6.14. The lowest BCUT2D eigenvalue weighted by Gasteiger charge is -2.46. The van der Waals surface area contributed by atoms with Gasteiger partial charge in [0.05, 0.1) is 30.4 Å². The van der Waals surface area contributed by atoms with Crippen LogP contribution in [0.15, 0.2) is 0 Å². The van der Waals surface area contributed by atoms with Gasteiger partial charge in [0, 0.05) is 7.11 Å². The summed E-state index contributed by atoms with van der Waals surface area (Å²) in [6.07, 6.45) is 0. The summed E-state index contributed by atoms with van der Waals surface area (Å²) in [5.41, 5.74) is -0.0487. The van der Waals surface area contributed by atoms with Gasteiger partial charge in [0.15, 0.2) is 11.0 Å². The summed E-state index contributed by atoms with van der Waals surface area (Å²) in [7, 11) is 1.72. The van der Waals surface area contributed by atoms with Crippen LogP contribution in [0.25, 0.3) is 0 Å². The van der Waals surface area contributed by atoms with E-state index in [9.17, 15) is 0 Å². The van der Waals surface area contributed by atoms with Crippen LogP contribution < -0.4 is 4.90 Å². The molecule has 1 aliphatic heterocycles. The second kappa shape index (κ2) is 3.08. The molecule has 1 saturated heterocycles. The molecule has 1 aromatic rings. The molecular formula is C7H10ClN3OS. The predicted octanol–water partition coefficient (Wildman–Crippen LogP) is 1.42. The van der Waals surface area contributed by atoms with Gasteiger partial charge in [0.25, 0.3) is 0 Å². The molecule has 1 aliphatic rings. The number of ether oxygens (including phenoxy) is 1. The minimum absolute atomic E-state index is 0.0487. The van der Waals surface area contributed by atoms with Crippen LogP contribution in [-0.2, 0) is 4.74 Å². The molecule has 72 valence electrons. The molecule has 0 atom stereocenters. The van der Waals surface area contributed by atoms with E-state index in [1.54, 1.807) is 7.11 Å². The highest BCUT2D eigenvalue weighted by Crippen LogP contribution is 2.32. The summed E-state index contributed by atoms with van der Waals surface area (Å²) < 4.78 is 13.3. The predicted molar refractivity (Wildman–Crippen MR) is 52.5 cm³/mol. The topological polar surface area (TPSA) is 38.2 Å². The summed E-state index contributed by atoms with van der Waals surface area (Å²) in [4.78, 5) is 2.06. The maximum atomic E-state index is 5.84. The lowest BCUT2D eigenvalue weighted by Crippen LogP contribution is -2.61. The van der Waals surface area contributed by atoms with E-state index in [4.69, 9.17) is 16.3 Å². The fourth-order valence-electron chi connectivity index (χ4n) is 1.40. The Hall–Kier alpha value is -0.390. The number of aromatic nitrogens is 2. The highest BCUT2D eigenvalue weighted by molar-refractivity contribution is 6.99. The van der Waals surface area contributed by atoms with Crippen LogP contribution in [0.2, 0.25) is 5.15 Å². The fraction of sp³-hybridized carbons (Fsp3) is 0.714. The molecule has 0 bridgehead atoms. The normalized spacial score (nSPS) is 20.1. The minimum Gasteiger partial charge on any atom is -0.375 e. The quantitative estimate of drug-likeness (QED) is 0.754. The molecule has 0 aliphatic carbocycles. The average Bonchev–Trinajstić information content (AvgIpc) is 2.46. The SMILES string of the molecule is COC1(C)CN(c2nsnc2Cl)C1. The van der Waals surface area contributed by atoms with E-state index < -0.39 is 0 Å². The van der Waals surface area contributed by atoms with Crippen molar-refractivity contribution in [3.05, 3.63) is 5.15 Å². The molecule has 2 heterocycles. The number of methoxy groups -OCH3 is 1. The van der Waals surface area contributed by atoms with Gasteiger partial charge < -0.3 is 9.64 Å². The molecule has 0 saturated carbocycles. The zero-order valence-corrected chi connectivity index (χ0v) is 9.02. The fourth-order valence-corrected chi connectivity index (χ4v) is 2.18. The molecule has 0 amide bonds. The van der Waals surface area contributed by atoms with E-state index >= 15 is 0 Å². The molecule has 1 fully saturated rings. The molecule has 0 radical (unpaired) electrons. The van der Waals surface area contributed by atoms with Gasteiger partial charge in [-0.3, -0.25) is 0 Å². The second-order valence-corrected chi connectivity index (χ2v) is 4.28. The van der Waals surface area contributed by atoms with Gasteiger partial charge in [-0.05, 0) is 6.92 Å². The zero-order valence-electron chi connectivity index (χ0n) is 7.45. The smallest absolute Gasteiger partial charge is 0.187 e. The molecule has 0 spiro atoms. The van der Waals surface area contributed by atoms with Crippen LogP contribution >= 0.6 is 23.3 Å². The number of rotatable bonds is 2. The molecule has 0 unspecified atom stereocenters. The van der Waals surface area contributed by atoms with Crippen molar-refractivity contribution in [2.45, 2.75) is 12.5 Å². The maximum absolute atomic E-state index is 5.84. The third-order valence-electron chi connectivity index (χ3n) is 2.28. The van der Waals surface area contributed by atoms with Gasteiger partial charge in [-0.15, -0.1) is 0 Å². The molecule has 1 aromatic heterocycles. The lowest BCUT2D eigenvalue weighted by atomic mass is 9.97. The third kappa shape index (κ3) is 1.51. The molecule has 0 N–H and O–H groups in total. The molecule has 6 heteroatoms. The Morgan fingerprint density at radius 1 is 1.54 bits per heavy atom. The first-order valence-corrected chi connectivity index (χ1v) is 5.04. The summed E-state index contributed by atoms with van der Waals surface area (Å²) in [5, 5.41) is 0.489. The van der Waals surface area contributed by atoms with Crippen LogP contribution in [0.5, 0.6) is 0 Å². The van der Waals surface area contributed by atoms with Gasteiger partial charge >= 0.3 is 0 Å². The van der Waals surface area contributed by atoms with Crippen molar-refractivity contribution in [1.82, 2.24) is 8.75 Å². The molecular weight excluding hydrogens is 210 g/mol. The average molecular weight is 220 g/mol. The summed E-state index contributed by atoms with van der Waals surface area (Å²) in [6, 6.07) is 0. The minimum atomic E-state index is -0.0487. The number of nitrogens with zero attached hydrogens (tertiary/aromatic N) is 3. The van der Waals surface area contributed by atoms with Crippen molar-refractivity contribution in [2.75, 3.05) is 25.1 Å². The first kappa shape index (κ1) is 9.18. The van der Waals surface area contributed by atoms with E-state index in [1.165, 1.54) is 0 Å². The van der Waals surface area contributed by atoms with Crippen molar-refractivity contribution >= 4 is 29.1 Å². The summed E-state index contributed by atoms with van der Waals surface area (Å²) in [6.45, 7) is 3.72.